The first-order valence-corrected chi connectivity index (χ1v) is 7.17. The predicted molar refractivity (Wildman–Crippen MR) is 79.8 cm³/mol. The zero-order valence-corrected chi connectivity index (χ0v) is 13.6. The molecule has 1 rings (SSSR count). The molecule has 1 amide bonds. The third kappa shape index (κ3) is 7.83. The van der Waals surface area contributed by atoms with Crippen LogP contribution >= 0.6 is 0 Å². The molecule has 0 fully saturated rings. The molecule has 1 aromatic heterocycles. The molecular formula is C15H22F3N3O2. The zero-order valence-electron chi connectivity index (χ0n) is 13.6. The Morgan fingerprint density at radius 3 is 2.52 bits per heavy atom. The minimum atomic E-state index is -3.17. The number of pyridine rings is 1. The molecule has 0 aliphatic carbocycles. The first kappa shape index (κ1) is 19.2. The Labute approximate surface area is 133 Å². The van der Waals surface area contributed by atoms with E-state index in [1.165, 1.54) is 12.3 Å². The summed E-state index contributed by atoms with van der Waals surface area (Å²) in [5, 5.41) is 4.62. The van der Waals surface area contributed by atoms with Gasteiger partial charge < -0.3 is 15.4 Å². The number of carbonyl (C=O) groups is 1. The van der Waals surface area contributed by atoms with E-state index in [1.807, 2.05) is 5.32 Å². The molecule has 0 bridgehead atoms. The summed E-state index contributed by atoms with van der Waals surface area (Å²) in [6, 6.07) is 0.715. The molecule has 1 unspecified atom stereocenters. The summed E-state index contributed by atoms with van der Waals surface area (Å²) in [6.45, 7) is 5.00. The van der Waals surface area contributed by atoms with Gasteiger partial charge in [-0.2, -0.15) is 0 Å². The first-order valence-electron chi connectivity index (χ1n) is 7.17. The topological polar surface area (TPSA) is 63.2 Å². The molecule has 0 radical (unpaired) electrons. The lowest BCUT2D eigenvalue weighted by Crippen LogP contribution is -2.45. The van der Waals surface area contributed by atoms with Crippen LogP contribution in [0.4, 0.5) is 18.0 Å². The van der Waals surface area contributed by atoms with Crippen LogP contribution in [0, 0.1) is 5.82 Å². The first-order chi connectivity index (χ1) is 10.5. The maximum atomic E-state index is 13.7. The Morgan fingerprint density at radius 2 is 1.96 bits per heavy atom. The fraction of sp³-hybridized carbons (Fsp3) is 0.600. The van der Waals surface area contributed by atoms with Gasteiger partial charge in [-0.05, 0) is 39.3 Å². The number of alkyl carbamates (subject to hydrolysis) is 1. The maximum Gasteiger partial charge on any atom is 0.407 e. The van der Waals surface area contributed by atoms with Crippen molar-refractivity contribution in [1.29, 1.82) is 0 Å². The molecule has 1 heterocycles. The van der Waals surface area contributed by atoms with Crippen LogP contribution in [0.15, 0.2) is 18.5 Å². The lowest BCUT2D eigenvalue weighted by atomic mass is 10.1. The van der Waals surface area contributed by atoms with Crippen LogP contribution in [0.25, 0.3) is 0 Å². The van der Waals surface area contributed by atoms with E-state index in [0.717, 1.165) is 6.20 Å². The molecule has 0 aromatic carbocycles. The van der Waals surface area contributed by atoms with Crippen LogP contribution in [0.2, 0.25) is 0 Å². The molecule has 1 atom stereocenters. The van der Waals surface area contributed by atoms with Crippen molar-refractivity contribution in [3.63, 3.8) is 0 Å². The Bertz CT molecular complexity index is 533. The second-order valence-corrected chi connectivity index (χ2v) is 6.25. The SMILES string of the molecule is CC(NCC(F)(F)CNC(=O)OC(C)(C)C)c1cncc(F)c1. The highest BCUT2D eigenvalue weighted by molar-refractivity contribution is 5.67. The Hall–Kier alpha value is -1.83. The van der Waals surface area contributed by atoms with Crippen LogP contribution in [0.3, 0.4) is 0 Å². The quantitative estimate of drug-likeness (QED) is 0.840. The summed E-state index contributed by atoms with van der Waals surface area (Å²) in [5.41, 5.74) is -0.294. The van der Waals surface area contributed by atoms with Gasteiger partial charge in [-0.1, -0.05) is 0 Å². The number of carbonyl (C=O) groups excluding carboxylic acids is 1. The molecule has 1 aromatic rings. The van der Waals surface area contributed by atoms with Crippen molar-refractivity contribution in [1.82, 2.24) is 15.6 Å². The molecule has 130 valence electrons. The van der Waals surface area contributed by atoms with Crippen LogP contribution in [-0.4, -0.2) is 35.7 Å². The predicted octanol–water partition coefficient (Wildman–Crippen LogP) is 3.03. The van der Waals surface area contributed by atoms with Crippen molar-refractivity contribution in [2.75, 3.05) is 13.1 Å². The van der Waals surface area contributed by atoms with Gasteiger partial charge in [0.1, 0.15) is 11.4 Å². The van der Waals surface area contributed by atoms with Gasteiger partial charge in [0, 0.05) is 12.2 Å². The number of hydrogen-bond acceptors (Lipinski definition) is 4. The van der Waals surface area contributed by atoms with E-state index in [4.69, 9.17) is 4.74 Å². The van der Waals surface area contributed by atoms with E-state index < -0.39 is 42.6 Å². The van der Waals surface area contributed by atoms with Crippen molar-refractivity contribution in [2.45, 2.75) is 45.3 Å². The lowest BCUT2D eigenvalue weighted by molar-refractivity contribution is -0.00526. The van der Waals surface area contributed by atoms with E-state index in [2.05, 4.69) is 10.3 Å². The summed E-state index contributed by atoms with van der Waals surface area (Å²) >= 11 is 0. The lowest BCUT2D eigenvalue weighted by Gasteiger charge is -2.23. The molecule has 0 aliphatic heterocycles. The average Bonchev–Trinajstić information content (AvgIpc) is 2.41. The largest absolute Gasteiger partial charge is 0.444 e. The number of halogens is 3. The summed E-state index contributed by atoms with van der Waals surface area (Å²) in [7, 11) is 0. The fourth-order valence-electron chi connectivity index (χ4n) is 1.66. The smallest absolute Gasteiger partial charge is 0.407 e. The second kappa shape index (κ2) is 7.63. The number of aromatic nitrogens is 1. The van der Waals surface area contributed by atoms with Crippen LogP contribution in [0.1, 0.15) is 39.3 Å². The summed E-state index contributed by atoms with van der Waals surface area (Å²) in [6.07, 6.45) is 1.53. The van der Waals surface area contributed by atoms with E-state index in [9.17, 15) is 18.0 Å². The van der Waals surface area contributed by atoms with Gasteiger partial charge in [0.2, 0.25) is 0 Å². The minimum Gasteiger partial charge on any atom is -0.444 e. The number of nitrogens with one attached hydrogen (secondary N) is 2. The monoisotopic (exact) mass is 333 g/mol. The van der Waals surface area contributed by atoms with E-state index in [-0.39, 0.29) is 0 Å². The normalized spacial score (nSPS) is 13.5. The number of hydrogen-bond donors (Lipinski definition) is 2. The third-order valence-electron chi connectivity index (χ3n) is 2.78. The van der Waals surface area contributed by atoms with Gasteiger partial charge in [-0.3, -0.25) is 4.98 Å². The van der Waals surface area contributed by atoms with Crippen molar-refractivity contribution < 1.29 is 22.7 Å². The number of nitrogens with zero attached hydrogens (tertiary/aromatic N) is 1. The Kier molecular flexibility index (Phi) is 6.37. The van der Waals surface area contributed by atoms with Gasteiger partial charge >= 0.3 is 6.09 Å². The van der Waals surface area contributed by atoms with Gasteiger partial charge in [0.15, 0.2) is 0 Å². The number of alkyl halides is 2. The van der Waals surface area contributed by atoms with Crippen molar-refractivity contribution in [3.8, 4) is 0 Å². The molecule has 5 nitrogen and oxygen atoms in total. The van der Waals surface area contributed by atoms with E-state index >= 15 is 0 Å². The fourth-order valence-corrected chi connectivity index (χ4v) is 1.66. The molecule has 2 N–H and O–H groups in total. The number of ether oxygens (including phenoxy) is 1. The highest BCUT2D eigenvalue weighted by Crippen LogP contribution is 2.16. The Balaban J connectivity index is 2.44. The van der Waals surface area contributed by atoms with Gasteiger partial charge in [-0.15, -0.1) is 0 Å². The summed E-state index contributed by atoms with van der Waals surface area (Å²) < 4.78 is 45.4. The van der Waals surface area contributed by atoms with E-state index in [1.54, 1.807) is 27.7 Å². The number of rotatable bonds is 6. The minimum absolute atomic E-state index is 0.459. The van der Waals surface area contributed by atoms with E-state index in [0.29, 0.717) is 5.56 Å². The number of amides is 1. The molecule has 0 spiro atoms. The molecule has 8 heteroatoms. The van der Waals surface area contributed by atoms with Crippen molar-refractivity contribution >= 4 is 6.09 Å². The van der Waals surface area contributed by atoms with Crippen LogP contribution < -0.4 is 10.6 Å². The second-order valence-electron chi connectivity index (χ2n) is 6.25. The average molecular weight is 333 g/mol. The standard InChI is InChI=1S/C15H22F3N3O2/c1-10(11-5-12(16)7-19-6-11)20-8-15(17,18)9-21-13(22)23-14(2,3)4/h5-7,10,20H,8-9H2,1-4H3,(H,21,22). The molecule has 0 saturated carbocycles. The van der Waals surface area contributed by atoms with Gasteiger partial charge in [-0.25, -0.2) is 18.0 Å². The summed E-state index contributed by atoms with van der Waals surface area (Å²) in [5.74, 6) is -3.71. The third-order valence-corrected chi connectivity index (χ3v) is 2.78. The van der Waals surface area contributed by atoms with Crippen LogP contribution in [0.5, 0.6) is 0 Å². The summed E-state index contributed by atoms with van der Waals surface area (Å²) in [4.78, 5) is 15.0. The molecule has 23 heavy (non-hydrogen) atoms. The highest BCUT2D eigenvalue weighted by atomic mass is 19.3. The Morgan fingerprint density at radius 1 is 1.30 bits per heavy atom. The van der Waals surface area contributed by atoms with Gasteiger partial charge in [0.25, 0.3) is 5.92 Å². The van der Waals surface area contributed by atoms with Crippen molar-refractivity contribution in [3.05, 3.63) is 29.8 Å². The van der Waals surface area contributed by atoms with Crippen molar-refractivity contribution in [2.24, 2.45) is 0 Å². The van der Waals surface area contributed by atoms with Crippen LogP contribution in [-0.2, 0) is 4.74 Å². The molecule has 0 saturated heterocycles. The molecular weight excluding hydrogens is 311 g/mol. The van der Waals surface area contributed by atoms with Gasteiger partial charge in [0.05, 0.1) is 19.3 Å². The zero-order chi connectivity index (χ0) is 17.7. The molecule has 0 aliphatic rings. The maximum absolute atomic E-state index is 13.7. The highest BCUT2D eigenvalue weighted by Gasteiger charge is 2.31.